The molecule has 1 aliphatic rings. The van der Waals surface area contributed by atoms with Crippen LogP contribution in [0.4, 0.5) is 5.69 Å². The summed E-state index contributed by atoms with van der Waals surface area (Å²) in [4.78, 5) is 13.2. The van der Waals surface area contributed by atoms with Crippen LogP contribution in [-0.2, 0) is 17.8 Å². The molecular formula is C16H28N2O. The molecule has 1 aliphatic heterocycles. The minimum Gasteiger partial charge on any atom is -0.383 e. The van der Waals surface area contributed by atoms with Crippen LogP contribution in [0.15, 0.2) is 18.2 Å². The highest BCUT2D eigenvalue weighted by molar-refractivity contribution is 5.73. The van der Waals surface area contributed by atoms with Crippen LogP contribution < -0.4 is 5.32 Å². The monoisotopic (exact) mass is 264 g/mol. The van der Waals surface area contributed by atoms with E-state index >= 15 is 0 Å². The molecule has 0 atom stereocenters. The normalized spacial score (nSPS) is 13.5. The molecule has 19 heavy (non-hydrogen) atoms. The average molecular weight is 264 g/mol. The van der Waals surface area contributed by atoms with Gasteiger partial charge >= 0.3 is 0 Å². The topological polar surface area (TPSA) is 32.3 Å². The summed E-state index contributed by atoms with van der Waals surface area (Å²) >= 11 is 0. The van der Waals surface area contributed by atoms with Gasteiger partial charge in [-0.05, 0) is 43.5 Å². The third kappa shape index (κ3) is 4.27. The van der Waals surface area contributed by atoms with Crippen molar-refractivity contribution in [2.45, 2.75) is 53.6 Å². The molecule has 1 N–H and O–H groups in total. The quantitative estimate of drug-likeness (QED) is 0.883. The van der Waals surface area contributed by atoms with E-state index in [2.05, 4.69) is 37.4 Å². The van der Waals surface area contributed by atoms with Crippen LogP contribution in [0.3, 0.4) is 0 Å². The number of benzene rings is 1. The number of fused-ring (bicyclic) bond motifs is 1. The van der Waals surface area contributed by atoms with Crippen LogP contribution in [-0.4, -0.2) is 23.4 Å². The van der Waals surface area contributed by atoms with E-state index in [1.807, 2.05) is 18.7 Å². The number of carbonyl (C=O) groups is 1. The Balaban J connectivity index is 0.00000115. The van der Waals surface area contributed by atoms with Gasteiger partial charge in [0.2, 0.25) is 5.91 Å². The van der Waals surface area contributed by atoms with E-state index in [-0.39, 0.29) is 7.33 Å². The summed E-state index contributed by atoms with van der Waals surface area (Å²) in [7, 11) is 0. The predicted molar refractivity (Wildman–Crippen MR) is 83.5 cm³/mol. The molecule has 2 rings (SSSR count). The number of carbonyl (C=O) groups excluding carboxylic acids is 1. The molecule has 0 unspecified atom stereocenters. The fraction of sp³-hybridized carbons (Fsp3) is 0.562. The van der Waals surface area contributed by atoms with Gasteiger partial charge in [0.05, 0.1) is 0 Å². The van der Waals surface area contributed by atoms with Gasteiger partial charge in [-0.2, -0.15) is 0 Å². The Bertz CT molecular complexity index is 432. The molecule has 0 spiro atoms. The number of hydrogen-bond acceptors (Lipinski definition) is 2. The van der Waals surface area contributed by atoms with Gasteiger partial charge in [0, 0.05) is 33.2 Å². The zero-order valence-electron chi connectivity index (χ0n) is 12.8. The molecule has 1 aromatic rings. The molecular weight excluding hydrogens is 236 g/mol. The van der Waals surface area contributed by atoms with E-state index in [0.717, 1.165) is 19.5 Å². The fourth-order valence-electron chi connectivity index (χ4n) is 2.24. The van der Waals surface area contributed by atoms with E-state index in [1.165, 1.54) is 16.8 Å². The summed E-state index contributed by atoms with van der Waals surface area (Å²) in [6.07, 6.45) is 0.961. The third-order valence-electron chi connectivity index (χ3n) is 3.12. The van der Waals surface area contributed by atoms with Crippen molar-refractivity contribution in [1.29, 1.82) is 0 Å². The van der Waals surface area contributed by atoms with Crippen LogP contribution in [0, 0.1) is 0 Å². The minimum absolute atomic E-state index is 0. The van der Waals surface area contributed by atoms with Crippen molar-refractivity contribution in [3.8, 4) is 0 Å². The lowest BCUT2D eigenvalue weighted by Gasteiger charge is -2.28. The maximum absolute atomic E-state index is 11.3. The second-order valence-electron chi connectivity index (χ2n) is 4.97. The van der Waals surface area contributed by atoms with Gasteiger partial charge < -0.3 is 10.2 Å². The van der Waals surface area contributed by atoms with Gasteiger partial charge in [0.25, 0.3) is 0 Å². The number of nitrogens with zero attached hydrogens (tertiary/aromatic N) is 1. The van der Waals surface area contributed by atoms with Gasteiger partial charge in [0.1, 0.15) is 0 Å². The smallest absolute Gasteiger partial charge is 0.219 e. The Morgan fingerprint density at radius 1 is 1.32 bits per heavy atom. The summed E-state index contributed by atoms with van der Waals surface area (Å²) in [5.41, 5.74) is 3.82. The van der Waals surface area contributed by atoms with Gasteiger partial charge in [0.15, 0.2) is 0 Å². The van der Waals surface area contributed by atoms with E-state index < -0.39 is 0 Å². The van der Waals surface area contributed by atoms with Crippen LogP contribution in [0.2, 0.25) is 0 Å². The molecule has 0 radical (unpaired) electrons. The van der Waals surface area contributed by atoms with E-state index in [9.17, 15) is 4.79 Å². The summed E-state index contributed by atoms with van der Waals surface area (Å²) in [5.74, 6) is 0.167. The highest BCUT2D eigenvalue weighted by Crippen LogP contribution is 2.23. The second-order valence-corrected chi connectivity index (χ2v) is 4.97. The van der Waals surface area contributed by atoms with Crippen LogP contribution >= 0.6 is 0 Å². The number of anilines is 1. The molecule has 1 aromatic carbocycles. The number of amides is 1. The molecule has 0 saturated carbocycles. The van der Waals surface area contributed by atoms with Crippen LogP contribution in [0.5, 0.6) is 0 Å². The van der Waals surface area contributed by atoms with Crippen molar-refractivity contribution in [3.63, 3.8) is 0 Å². The van der Waals surface area contributed by atoms with Crippen molar-refractivity contribution in [1.82, 2.24) is 4.90 Å². The molecule has 0 aromatic heterocycles. The largest absolute Gasteiger partial charge is 0.383 e. The van der Waals surface area contributed by atoms with Crippen molar-refractivity contribution in [2.75, 3.05) is 11.9 Å². The van der Waals surface area contributed by atoms with Gasteiger partial charge in [-0.1, -0.05) is 19.9 Å². The first-order valence-corrected chi connectivity index (χ1v) is 7.20. The zero-order chi connectivity index (χ0) is 14.4. The maximum atomic E-state index is 11.3. The molecule has 0 fully saturated rings. The third-order valence-corrected chi connectivity index (χ3v) is 3.12. The molecule has 3 heteroatoms. The van der Waals surface area contributed by atoms with Crippen molar-refractivity contribution in [3.05, 3.63) is 29.3 Å². The molecule has 1 amide bonds. The second kappa shape index (κ2) is 7.17. The number of hydrogen-bond donors (Lipinski definition) is 1. The lowest BCUT2D eigenvalue weighted by molar-refractivity contribution is -0.129. The van der Waals surface area contributed by atoms with Gasteiger partial charge in [-0.15, -0.1) is 0 Å². The Labute approximate surface area is 118 Å². The first-order chi connectivity index (χ1) is 9.06. The molecule has 0 bridgehead atoms. The molecule has 1 heterocycles. The zero-order valence-corrected chi connectivity index (χ0v) is 12.8. The number of nitrogens with one attached hydrogen (secondary N) is 1. The molecule has 0 saturated heterocycles. The summed E-state index contributed by atoms with van der Waals surface area (Å²) in [5, 5.41) is 3.41. The van der Waals surface area contributed by atoms with Crippen molar-refractivity contribution >= 4 is 11.6 Å². The molecule has 0 aliphatic carbocycles. The highest BCUT2D eigenvalue weighted by atomic mass is 16.2. The van der Waals surface area contributed by atoms with E-state index in [4.69, 9.17) is 0 Å². The lowest BCUT2D eigenvalue weighted by atomic mass is 9.99. The highest BCUT2D eigenvalue weighted by Gasteiger charge is 2.18. The minimum atomic E-state index is 0. The average Bonchev–Trinajstić information content (AvgIpc) is 2.39. The summed E-state index contributed by atoms with van der Waals surface area (Å²) in [6, 6.07) is 6.90. The fourth-order valence-corrected chi connectivity index (χ4v) is 2.24. The van der Waals surface area contributed by atoms with Gasteiger partial charge in [-0.25, -0.2) is 0 Å². The van der Waals surface area contributed by atoms with Crippen LogP contribution in [0.25, 0.3) is 0 Å². The summed E-state index contributed by atoms with van der Waals surface area (Å²) in [6.45, 7) is 11.5. The lowest BCUT2D eigenvalue weighted by Crippen LogP contribution is -2.34. The Morgan fingerprint density at radius 3 is 2.58 bits per heavy atom. The standard InChI is InChI=1S/C14H20N2O.C2H6.H2/c1-10(2)15-14-5-4-13-9-16(11(3)17)7-6-12(13)8-14;1-2;/h4-5,8,10,15H,6-7,9H2,1-3H3;1-2H3;1H. The Hall–Kier alpha value is -1.51. The number of rotatable bonds is 2. The summed E-state index contributed by atoms with van der Waals surface area (Å²) < 4.78 is 0. The first-order valence-electron chi connectivity index (χ1n) is 7.20. The Kier molecular flexibility index (Phi) is 5.87. The first kappa shape index (κ1) is 15.5. The Morgan fingerprint density at radius 2 is 2.00 bits per heavy atom. The van der Waals surface area contributed by atoms with Crippen LogP contribution in [0.1, 0.15) is 47.2 Å². The van der Waals surface area contributed by atoms with E-state index in [0.29, 0.717) is 6.04 Å². The molecule has 108 valence electrons. The van der Waals surface area contributed by atoms with Gasteiger partial charge in [-0.3, -0.25) is 4.79 Å². The van der Waals surface area contributed by atoms with E-state index in [1.54, 1.807) is 6.92 Å². The SMILES string of the molecule is CC.CC(=O)N1CCc2cc(NC(C)C)ccc2C1.[HH]. The van der Waals surface area contributed by atoms with Crippen molar-refractivity contribution < 1.29 is 6.22 Å². The molecule has 3 nitrogen and oxygen atoms in total. The maximum Gasteiger partial charge on any atom is 0.219 e. The predicted octanol–water partition coefficient (Wildman–Crippen LogP) is 3.68. The van der Waals surface area contributed by atoms with Crippen molar-refractivity contribution in [2.24, 2.45) is 0 Å².